The van der Waals surface area contributed by atoms with Gasteiger partial charge in [-0.25, -0.2) is 4.98 Å². The quantitative estimate of drug-likeness (QED) is 0.804. The van der Waals surface area contributed by atoms with Gasteiger partial charge in [0.1, 0.15) is 0 Å². The van der Waals surface area contributed by atoms with Gasteiger partial charge in [0.25, 0.3) is 0 Å². The van der Waals surface area contributed by atoms with Crippen LogP contribution in [0.5, 0.6) is 0 Å². The molecule has 0 unspecified atom stereocenters. The second kappa shape index (κ2) is 4.98. The number of halogens is 1. The number of aliphatic carboxylic acids is 1. The smallest absolute Gasteiger partial charge is 0.309 e. The highest BCUT2D eigenvalue weighted by atomic mass is 35.5. The monoisotopic (exact) mass is 286 g/mol. The van der Waals surface area contributed by atoms with Crippen molar-refractivity contribution in [1.82, 2.24) is 9.38 Å². The number of fused-ring (bicyclic) bond motifs is 1. The number of benzene rings is 1. The molecule has 1 N–H and O–H groups in total. The van der Waals surface area contributed by atoms with Crippen LogP contribution in [0.25, 0.3) is 16.9 Å². The van der Waals surface area contributed by atoms with Crippen LogP contribution >= 0.6 is 11.6 Å². The first-order valence-corrected chi connectivity index (χ1v) is 6.47. The molecule has 0 spiro atoms. The zero-order chi connectivity index (χ0) is 14.1. The Bertz CT molecular complexity index is 781. The molecule has 0 atom stereocenters. The van der Waals surface area contributed by atoms with E-state index in [0.717, 1.165) is 5.56 Å². The van der Waals surface area contributed by atoms with Crippen molar-refractivity contribution in [2.75, 3.05) is 0 Å². The molecule has 0 bridgehead atoms. The minimum Gasteiger partial charge on any atom is -0.481 e. The van der Waals surface area contributed by atoms with Crippen LogP contribution in [0.1, 0.15) is 5.69 Å². The number of carbonyl (C=O) groups is 1. The van der Waals surface area contributed by atoms with Gasteiger partial charge in [0.2, 0.25) is 0 Å². The highest BCUT2D eigenvalue weighted by Gasteiger charge is 2.17. The van der Waals surface area contributed by atoms with Gasteiger partial charge in [-0.15, -0.1) is 0 Å². The van der Waals surface area contributed by atoms with E-state index >= 15 is 0 Å². The fourth-order valence-corrected chi connectivity index (χ4v) is 2.43. The largest absolute Gasteiger partial charge is 0.481 e. The molecule has 0 aliphatic rings. The van der Waals surface area contributed by atoms with E-state index < -0.39 is 5.97 Å². The molecule has 3 aromatic rings. The number of pyridine rings is 1. The third kappa shape index (κ3) is 2.14. The SMILES string of the molecule is O=C(O)Cc1c(-c2ccccc2)nc2c(Cl)cccn12. The maximum atomic E-state index is 11.1. The van der Waals surface area contributed by atoms with Crippen molar-refractivity contribution < 1.29 is 9.90 Å². The number of carboxylic acid groups (broad SMARTS) is 1. The van der Waals surface area contributed by atoms with Gasteiger partial charge >= 0.3 is 5.97 Å². The Morgan fingerprint density at radius 1 is 1.20 bits per heavy atom. The number of nitrogens with zero attached hydrogens (tertiary/aromatic N) is 2. The third-order valence-corrected chi connectivity index (χ3v) is 3.36. The minimum atomic E-state index is -0.899. The summed E-state index contributed by atoms with van der Waals surface area (Å²) >= 11 is 6.14. The van der Waals surface area contributed by atoms with E-state index in [9.17, 15) is 4.79 Å². The lowest BCUT2D eigenvalue weighted by Crippen LogP contribution is -2.04. The molecular formula is C15H11ClN2O2. The Morgan fingerprint density at radius 3 is 2.65 bits per heavy atom. The average Bonchev–Trinajstić information content (AvgIpc) is 2.80. The van der Waals surface area contributed by atoms with E-state index in [0.29, 0.717) is 22.1 Å². The van der Waals surface area contributed by atoms with E-state index in [1.54, 1.807) is 22.7 Å². The van der Waals surface area contributed by atoms with E-state index in [1.165, 1.54) is 0 Å². The van der Waals surface area contributed by atoms with Gasteiger partial charge in [-0.1, -0.05) is 41.9 Å². The van der Waals surface area contributed by atoms with Crippen LogP contribution in [0.2, 0.25) is 5.02 Å². The summed E-state index contributed by atoms with van der Waals surface area (Å²) in [5, 5.41) is 9.61. The highest BCUT2D eigenvalue weighted by Crippen LogP contribution is 2.27. The van der Waals surface area contributed by atoms with E-state index in [4.69, 9.17) is 16.7 Å². The fourth-order valence-electron chi connectivity index (χ4n) is 2.22. The zero-order valence-electron chi connectivity index (χ0n) is 10.5. The van der Waals surface area contributed by atoms with Crippen LogP contribution in [0.15, 0.2) is 48.7 Å². The van der Waals surface area contributed by atoms with Crippen LogP contribution < -0.4 is 0 Å². The summed E-state index contributed by atoms with van der Waals surface area (Å²) in [4.78, 5) is 15.6. The molecule has 0 fully saturated rings. The number of aromatic nitrogens is 2. The first kappa shape index (κ1) is 12.7. The standard InChI is InChI=1S/C15H11ClN2O2/c16-11-7-4-8-18-12(9-13(19)20)14(17-15(11)18)10-5-2-1-3-6-10/h1-8H,9H2,(H,19,20). The topological polar surface area (TPSA) is 54.6 Å². The van der Waals surface area contributed by atoms with Gasteiger partial charge in [-0.2, -0.15) is 0 Å². The zero-order valence-corrected chi connectivity index (χ0v) is 11.2. The van der Waals surface area contributed by atoms with Crippen LogP contribution in [-0.4, -0.2) is 20.5 Å². The summed E-state index contributed by atoms with van der Waals surface area (Å²) in [5.74, 6) is -0.899. The summed E-state index contributed by atoms with van der Waals surface area (Å²) in [6.45, 7) is 0. The molecule has 0 amide bonds. The minimum absolute atomic E-state index is 0.105. The summed E-state index contributed by atoms with van der Waals surface area (Å²) in [6.07, 6.45) is 1.67. The molecule has 20 heavy (non-hydrogen) atoms. The van der Waals surface area contributed by atoms with Crippen LogP contribution in [0, 0.1) is 0 Å². The summed E-state index contributed by atoms with van der Waals surface area (Å²) in [5.41, 5.74) is 2.73. The van der Waals surface area contributed by atoms with Gasteiger partial charge in [0.15, 0.2) is 5.65 Å². The number of imidazole rings is 1. The van der Waals surface area contributed by atoms with Crippen molar-refractivity contribution in [2.45, 2.75) is 6.42 Å². The van der Waals surface area contributed by atoms with Crippen LogP contribution in [0.3, 0.4) is 0 Å². The van der Waals surface area contributed by atoms with E-state index in [-0.39, 0.29) is 6.42 Å². The lowest BCUT2D eigenvalue weighted by atomic mass is 10.1. The molecular weight excluding hydrogens is 276 g/mol. The number of hydrogen-bond acceptors (Lipinski definition) is 2. The first-order valence-electron chi connectivity index (χ1n) is 6.09. The molecule has 1 aromatic carbocycles. The molecule has 5 heteroatoms. The number of carboxylic acids is 1. The van der Waals surface area contributed by atoms with Crippen molar-refractivity contribution >= 4 is 23.2 Å². The van der Waals surface area contributed by atoms with Gasteiger partial charge in [0, 0.05) is 11.8 Å². The first-order chi connectivity index (χ1) is 9.66. The second-order valence-electron chi connectivity index (χ2n) is 4.39. The van der Waals surface area contributed by atoms with Gasteiger partial charge < -0.3 is 9.51 Å². The van der Waals surface area contributed by atoms with Gasteiger partial charge in [-0.05, 0) is 12.1 Å². The van der Waals surface area contributed by atoms with Crippen molar-refractivity contribution in [3.63, 3.8) is 0 Å². The molecule has 0 saturated carbocycles. The maximum Gasteiger partial charge on any atom is 0.309 e. The lowest BCUT2D eigenvalue weighted by molar-refractivity contribution is -0.136. The number of hydrogen-bond donors (Lipinski definition) is 1. The van der Waals surface area contributed by atoms with E-state index in [1.807, 2.05) is 30.3 Å². The Hall–Kier alpha value is -2.33. The van der Waals surface area contributed by atoms with Gasteiger partial charge in [0.05, 0.1) is 22.8 Å². The number of rotatable bonds is 3. The molecule has 0 aliphatic heterocycles. The maximum absolute atomic E-state index is 11.1. The predicted octanol–water partition coefficient (Wildman–Crippen LogP) is 3.28. The molecule has 100 valence electrons. The normalized spacial score (nSPS) is 10.8. The Kier molecular flexibility index (Phi) is 3.16. The molecule has 4 nitrogen and oxygen atoms in total. The molecule has 0 radical (unpaired) electrons. The Balaban J connectivity index is 2.30. The van der Waals surface area contributed by atoms with Crippen LogP contribution in [-0.2, 0) is 11.2 Å². The fraction of sp³-hybridized carbons (Fsp3) is 0.0667. The van der Waals surface area contributed by atoms with Gasteiger partial charge in [-0.3, -0.25) is 4.79 Å². The molecule has 3 rings (SSSR count). The Morgan fingerprint density at radius 2 is 1.95 bits per heavy atom. The highest BCUT2D eigenvalue weighted by molar-refractivity contribution is 6.33. The summed E-state index contributed by atoms with van der Waals surface area (Å²) < 4.78 is 1.73. The molecule has 2 aromatic heterocycles. The summed E-state index contributed by atoms with van der Waals surface area (Å²) in [6, 6.07) is 13.0. The molecule has 2 heterocycles. The second-order valence-corrected chi connectivity index (χ2v) is 4.80. The molecule has 0 saturated heterocycles. The van der Waals surface area contributed by atoms with Crippen molar-refractivity contribution in [3.8, 4) is 11.3 Å². The van der Waals surface area contributed by atoms with Crippen LogP contribution in [0.4, 0.5) is 0 Å². The van der Waals surface area contributed by atoms with Crippen molar-refractivity contribution in [3.05, 3.63) is 59.4 Å². The van der Waals surface area contributed by atoms with Crippen molar-refractivity contribution in [2.24, 2.45) is 0 Å². The third-order valence-electron chi connectivity index (χ3n) is 3.07. The molecule has 0 aliphatic carbocycles. The summed E-state index contributed by atoms with van der Waals surface area (Å²) in [7, 11) is 0. The lowest BCUT2D eigenvalue weighted by Gasteiger charge is -2.02. The van der Waals surface area contributed by atoms with E-state index in [2.05, 4.69) is 4.98 Å². The van der Waals surface area contributed by atoms with Crippen molar-refractivity contribution in [1.29, 1.82) is 0 Å². The average molecular weight is 287 g/mol. The Labute approximate surface area is 120 Å². The predicted molar refractivity (Wildman–Crippen MR) is 77.0 cm³/mol.